The number of nitrogens with one attached hydrogen (secondary N) is 1. The largest absolute Gasteiger partial charge is 0.322 e. The highest BCUT2D eigenvalue weighted by molar-refractivity contribution is 6.05. The molecule has 2 amide bonds. The molecular formula is C19H20N2O2. The first-order chi connectivity index (χ1) is 11.1. The van der Waals surface area contributed by atoms with E-state index in [0.29, 0.717) is 11.6 Å². The maximum absolute atomic E-state index is 12.3. The molecule has 0 atom stereocenters. The number of rotatable bonds is 4. The third-order valence-electron chi connectivity index (χ3n) is 4.04. The second-order valence-corrected chi connectivity index (χ2v) is 5.94. The van der Waals surface area contributed by atoms with Crippen LogP contribution in [0.4, 0.5) is 11.4 Å². The smallest absolute Gasteiger partial charge is 0.255 e. The van der Waals surface area contributed by atoms with Crippen molar-refractivity contribution >= 4 is 23.2 Å². The Morgan fingerprint density at radius 2 is 1.70 bits per heavy atom. The van der Waals surface area contributed by atoms with Gasteiger partial charge in [-0.25, -0.2) is 0 Å². The normalized spacial score (nSPS) is 13.5. The third-order valence-corrected chi connectivity index (χ3v) is 4.04. The molecule has 0 aliphatic heterocycles. The van der Waals surface area contributed by atoms with Gasteiger partial charge in [0.15, 0.2) is 0 Å². The zero-order chi connectivity index (χ0) is 16.4. The molecule has 1 aliphatic carbocycles. The Bertz CT molecular complexity index is 733. The van der Waals surface area contributed by atoms with Crippen molar-refractivity contribution in [1.82, 2.24) is 0 Å². The van der Waals surface area contributed by atoms with E-state index in [1.807, 2.05) is 60.4 Å². The van der Waals surface area contributed by atoms with Crippen molar-refractivity contribution in [2.24, 2.45) is 0 Å². The molecule has 4 heteroatoms. The number of anilines is 2. The van der Waals surface area contributed by atoms with E-state index in [-0.39, 0.29) is 11.8 Å². The molecule has 0 saturated heterocycles. The van der Waals surface area contributed by atoms with Crippen LogP contribution < -0.4 is 10.2 Å². The lowest BCUT2D eigenvalue weighted by molar-refractivity contribution is -0.116. The van der Waals surface area contributed by atoms with Gasteiger partial charge in [0.1, 0.15) is 0 Å². The quantitative estimate of drug-likeness (QED) is 0.935. The molecular weight excluding hydrogens is 288 g/mol. The molecule has 0 spiro atoms. The molecule has 0 radical (unpaired) electrons. The van der Waals surface area contributed by atoms with Gasteiger partial charge in [-0.1, -0.05) is 18.2 Å². The van der Waals surface area contributed by atoms with E-state index in [1.54, 1.807) is 6.92 Å². The predicted molar refractivity (Wildman–Crippen MR) is 91.8 cm³/mol. The maximum Gasteiger partial charge on any atom is 0.255 e. The number of carbonyl (C=O) groups excluding carboxylic acids is 2. The number of carbonyl (C=O) groups is 2. The van der Waals surface area contributed by atoms with E-state index in [9.17, 15) is 9.59 Å². The van der Waals surface area contributed by atoms with E-state index < -0.39 is 0 Å². The van der Waals surface area contributed by atoms with Crippen molar-refractivity contribution in [2.45, 2.75) is 32.7 Å². The molecule has 23 heavy (non-hydrogen) atoms. The van der Waals surface area contributed by atoms with Crippen LogP contribution in [0.25, 0.3) is 0 Å². The maximum atomic E-state index is 12.3. The van der Waals surface area contributed by atoms with Crippen LogP contribution in [0.1, 0.15) is 35.7 Å². The molecule has 2 aromatic carbocycles. The van der Waals surface area contributed by atoms with Crippen LogP contribution >= 0.6 is 0 Å². The Balaban J connectivity index is 1.74. The minimum atomic E-state index is -0.124. The lowest BCUT2D eigenvalue weighted by atomic mass is 10.1. The highest BCUT2D eigenvalue weighted by Crippen LogP contribution is 2.32. The van der Waals surface area contributed by atoms with Crippen LogP contribution in [0.2, 0.25) is 0 Å². The number of amides is 2. The van der Waals surface area contributed by atoms with E-state index in [1.165, 1.54) is 0 Å². The molecule has 4 nitrogen and oxygen atoms in total. The molecule has 0 heterocycles. The summed E-state index contributed by atoms with van der Waals surface area (Å²) in [6.07, 6.45) is 2.12. The summed E-state index contributed by atoms with van der Waals surface area (Å²) in [5.74, 6) is -0.0642. The van der Waals surface area contributed by atoms with Crippen molar-refractivity contribution in [1.29, 1.82) is 0 Å². The Kier molecular flexibility index (Phi) is 4.15. The van der Waals surface area contributed by atoms with Gasteiger partial charge in [-0.2, -0.15) is 0 Å². The van der Waals surface area contributed by atoms with Crippen molar-refractivity contribution in [2.75, 3.05) is 10.2 Å². The van der Waals surface area contributed by atoms with E-state index in [4.69, 9.17) is 0 Å². The van der Waals surface area contributed by atoms with Crippen LogP contribution in [0.5, 0.6) is 0 Å². The fraction of sp³-hybridized carbons (Fsp3) is 0.263. The van der Waals surface area contributed by atoms with Crippen LogP contribution in [-0.4, -0.2) is 17.9 Å². The third kappa shape index (κ3) is 3.42. The number of aryl methyl sites for hydroxylation is 1. The first-order valence-corrected chi connectivity index (χ1v) is 7.83. The zero-order valence-electron chi connectivity index (χ0n) is 13.4. The van der Waals surface area contributed by atoms with Gasteiger partial charge in [-0.3, -0.25) is 9.59 Å². The van der Waals surface area contributed by atoms with Crippen LogP contribution in [0.3, 0.4) is 0 Å². The number of benzene rings is 2. The summed E-state index contributed by atoms with van der Waals surface area (Å²) in [6, 6.07) is 15.3. The standard InChI is InChI=1S/C19H20N2O2/c1-13-5-3-4-6-18(13)19(23)20-15-7-9-16(10-8-15)21(14(2)22)17-11-12-17/h3-10,17H,11-12H2,1-2H3,(H,20,23). The van der Waals surface area contributed by atoms with Gasteiger partial charge in [0.05, 0.1) is 0 Å². The van der Waals surface area contributed by atoms with Crippen molar-refractivity contribution < 1.29 is 9.59 Å². The molecule has 2 aromatic rings. The predicted octanol–water partition coefficient (Wildman–Crippen LogP) is 3.76. The van der Waals surface area contributed by atoms with E-state index >= 15 is 0 Å². The van der Waals surface area contributed by atoms with Crippen LogP contribution in [0.15, 0.2) is 48.5 Å². The van der Waals surface area contributed by atoms with Crippen molar-refractivity contribution in [3.05, 3.63) is 59.7 Å². The lowest BCUT2D eigenvalue weighted by Gasteiger charge is -2.21. The highest BCUT2D eigenvalue weighted by Gasteiger charge is 2.31. The number of hydrogen-bond acceptors (Lipinski definition) is 2. The summed E-state index contributed by atoms with van der Waals surface area (Å²) in [5.41, 5.74) is 3.22. The van der Waals surface area contributed by atoms with Gasteiger partial charge in [0.2, 0.25) is 5.91 Å². The molecule has 0 aromatic heterocycles. The van der Waals surface area contributed by atoms with Gasteiger partial charge in [0, 0.05) is 29.9 Å². The Labute approximate surface area is 136 Å². The molecule has 1 saturated carbocycles. The number of nitrogens with zero attached hydrogens (tertiary/aromatic N) is 1. The van der Waals surface area contributed by atoms with Gasteiger partial charge in [0.25, 0.3) is 5.91 Å². The van der Waals surface area contributed by atoms with E-state index in [2.05, 4.69) is 5.32 Å². The Morgan fingerprint density at radius 1 is 1.04 bits per heavy atom. The highest BCUT2D eigenvalue weighted by atomic mass is 16.2. The first kappa shape index (κ1) is 15.3. The van der Waals surface area contributed by atoms with E-state index in [0.717, 1.165) is 29.8 Å². The summed E-state index contributed by atoms with van der Waals surface area (Å²) in [4.78, 5) is 25.9. The van der Waals surface area contributed by atoms with Gasteiger partial charge >= 0.3 is 0 Å². The summed E-state index contributed by atoms with van der Waals surface area (Å²) < 4.78 is 0. The van der Waals surface area contributed by atoms with Crippen LogP contribution in [-0.2, 0) is 4.79 Å². The fourth-order valence-electron chi connectivity index (χ4n) is 2.71. The van der Waals surface area contributed by atoms with Crippen molar-refractivity contribution in [3.63, 3.8) is 0 Å². The average molecular weight is 308 g/mol. The summed E-state index contributed by atoms with van der Waals surface area (Å²) in [7, 11) is 0. The second kappa shape index (κ2) is 6.24. The van der Waals surface area contributed by atoms with Gasteiger partial charge in [-0.05, 0) is 55.7 Å². The Morgan fingerprint density at radius 3 is 2.26 bits per heavy atom. The second-order valence-electron chi connectivity index (χ2n) is 5.94. The molecule has 0 unspecified atom stereocenters. The lowest BCUT2D eigenvalue weighted by Crippen LogP contribution is -2.30. The average Bonchev–Trinajstić information content (AvgIpc) is 3.34. The molecule has 1 fully saturated rings. The fourth-order valence-corrected chi connectivity index (χ4v) is 2.71. The van der Waals surface area contributed by atoms with Gasteiger partial charge in [-0.15, -0.1) is 0 Å². The summed E-state index contributed by atoms with van der Waals surface area (Å²) >= 11 is 0. The Hall–Kier alpha value is -2.62. The molecule has 1 N–H and O–H groups in total. The molecule has 0 bridgehead atoms. The molecule has 3 rings (SSSR count). The first-order valence-electron chi connectivity index (χ1n) is 7.83. The van der Waals surface area contributed by atoms with Gasteiger partial charge < -0.3 is 10.2 Å². The molecule has 118 valence electrons. The monoisotopic (exact) mass is 308 g/mol. The van der Waals surface area contributed by atoms with Crippen LogP contribution in [0, 0.1) is 6.92 Å². The minimum absolute atomic E-state index is 0.0594. The summed E-state index contributed by atoms with van der Waals surface area (Å²) in [6.45, 7) is 3.50. The summed E-state index contributed by atoms with van der Waals surface area (Å²) in [5, 5.41) is 2.90. The topological polar surface area (TPSA) is 49.4 Å². The SMILES string of the molecule is CC(=O)N(c1ccc(NC(=O)c2ccccc2C)cc1)C1CC1. The number of hydrogen-bond donors (Lipinski definition) is 1. The minimum Gasteiger partial charge on any atom is -0.322 e. The zero-order valence-corrected chi connectivity index (χ0v) is 13.4. The van der Waals surface area contributed by atoms with Crippen molar-refractivity contribution in [3.8, 4) is 0 Å². The molecule has 1 aliphatic rings.